The van der Waals surface area contributed by atoms with E-state index in [-0.39, 0.29) is 5.82 Å². The van der Waals surface area contributed by atoms with Gasteiger partial charge in [0, 0.05) is 7.05 Å². The molecule has 0 aromatic heterocycles. The molecule has 0 unspecified atom stereocenters. The number of nitrogens with zero attached hydrogens (tertiary/aromatic N) is 2. The van der Waals surface area contributed by atoms with Gasteiger partial charge in [-0.15, -0.1) is 0 Å². The maximum absolute atomic E-state index is 14.2. The summed E-state index contributed by atoms with van der Waals surface area (Å²) in [6, 6.07) is 27.0. The second kappa shape index (κ2) is 8.73. The van der Waals surface area contributed by atoms with Crippen molar-refractivity contribution in [3.05, 3.63) is 102 Å². The molecule has 0 aliphatic heterocycles. The molecule has 0 heterocycles. The van der Waals surface area contributed by atoms with E-state index in [0.717, 1.165) is 16.1 Å². The Morgan fingerprint density at radius 2 is 1.28 bits per heavy atom. The molecule has 0 saturated carbocycles. The predicted molar refractivity (Wildman–Crippen MR) is 117 cm³/mol. The molecule has 3 aromatic carbocycles. The molecular formula is C22H22N2O3S2. The molecule has 3 rings (SSSR count). The Labute approximate surface area is 173 Å². The fourth-order valence-corrected chi connectivity index (χ4v) is 5.08. The molecule has 3 aromatic rings. The van der Waals surface area contributed by atoms with E-state index < -0.39 is 20.1 Å². The predicted octanol–water partition coefficient (Wildman–Crippen LogP) is 4.46. The lowest BCUT2D eigenvalue weighted by Gasteiger charge is -2.25. The second-order valence-electron chi connectivity index (χ2n) is 6.39. The lowest BCUT2D eigenvalue weighted by atomic mass is 10.2. The molecule has 0 atom stereocenters. The summed E-state index contributed by atoms with van der Waals surface area (Å²) in [4.78, 5) is 1.01. The summed E-state index contributed by atoms with van der Waals surface area (Å²) in [6.07, 6.45) is 2.71. The summed E-state index contributed by atoms with van der Waals surface area (Å²) >= 11 is 0. The van der Waals surface area contributed by atoms with Gasteiger partial charge in [-0.25, -0.2) is 8.42 Å². The van der Waals surface area contributed by atoms with Crippen LogP contribution in [0.2, 0.25) is 0 Å². The van der Waals surface area contributed by atoms with Crippen molar-refractivity contribution in [3.63, 3.8) is 0 Å². The van der Waals surface area contributed by atoms with E-state index in [1.807, 2.05) is 42.5 Å². The molecule has 0 aliphatic rings. The van der Waals surface area contributed by atoms with Crippen LogP contribution in [0.3, 0.4) is 0 Å². The number of hydrogen-bond donors (Lipinski definition) is 0. The molecular weight excluding hydrogens is 404 g/mol. The Bertz CT molecular complexity index is 1100. The van der Waals surface area contributed by atoms with Gasteiger partial charge in [-0.1, -0.05) is 71.1 Å². The highest BCUT2D eigenvalue weighted by molar-refractivity contribution is 8.00. The zero-order valence-corrected chi connectivity index (χ0v) is 17.8. The normalized spacial score (nSPS) is 12.4. The molecule has 0 aliphatic carbocycles. The number of hydrogen-bond acceptors (Lipinski definition) is 4. The highest BCUT2D eigenvalue weighted by Crippen LogP contribution is 2.31. The van der Waals surface area contributed by atoms with Gasteiger partial charge < -0.3 is 4.55 Å². The zero-order valence-electron chi connectivity index (χ0n) is 16.2. The Morgan fingerprint density at radius 1 is 0.862 bits per heavy atom. The third-order valence-electron chi connectivity index (χ3n) is 4.26. The first-order valence-corrected chi connectivity index (χ1v) is 12.2. The molecule has 5 nitrogen and oxygen atoms in total. The third kappa shape index (κ3) is 5.00. The van der Waals surface area contributed by atoms with E-state index in [2.05, 4.69) is 4.36 Å². The van der Waals surface area contributed by atoms with Gasteiger partial charge >= 0.3 is 0 Å². The average Bonchev–Trinajstić information content (AvgIpc) is 2.74. The SMILES string of the molecule is CN(/C(=C\c1ccccc1)N=[S+]([O-])(c1ccccc1)c1ccccc1)S(C)(=O)=O. The monoisotopic (exact) mass is 426 g/mol. The Morgan fingerprint density at radius 3 is 1.69 bits per heavy atom. The van der Waals surface area contributed by atoms with E-state index in [0.29, 0.717) is 9.79 Å². The van der Waals surface area contributed by atoms with E-state index in [9.17, 15) is 13.0 Å². The molecule has 0 fully saturated rings. The van der Waals surface area contributed by atoms with Gasteiger partial charge in [0.15, 0.2) is 5.82 Å². The van der Waals surface area contributed by atoms with Crippen LogP contribution in [0.1, 0.15) is 5.56 Å². The average molecular weight is 427 g/mol. The molecule has 0 amide bonds. The highest BCUT2D eigenvalue weighted by atomic mass is 32.3. The van der Waals surface area contributed by atoms with Crippen LogP contribution in [0.5, 0.6) is 0 Å². The van der Waals surface area contributed by atoms with E-state index >= 15 is 0 Å². The van der Waals surface area contributed by atoms with Gasteiger partial charge in [-0.3, -0.25) is 4.31 Å². The summed E-state index contributed by atoms with van der Waals surface area (Å²) < 4.78 is 44.3. The van der Waals surface area contributed by atoms with Crippen molar-refractivity contribution in [1.29, 1.82) is 0 Å². The lowest BCUT2D eigenvalue weighted by molar-refractivity contribution is 0.527. The van der Waals surface area contributed by atoms with Crippen molar-refractivity contribution in [2.75, 3.05) is 13.3 Å². The van der Waals surface area contributed by atoms with Crippen LogP contribution in [0.25, 0.3) is 6.08 Å². The minimum atomic E-state index is -3.61. The fourth-order valence-electron chi connectivity index (χ4n) is 2.63. The van der Waals surface area contributed by atoms with Crippen LogP contribution in [-0.4, -0.2) is 30.6 Å². The second-order valence-corrected chi connectivity index (χ2v) is 10.6. The molecule has 0 N–H and O–H groups in total. The Hall–Kier alpha value is -2.74. The van der Waals surface area contributed by atoms with E-state index in [1.54, 1.807) is 54.6 Å². The molecule has 7 heteroatoms. The molecule has 0 saturated heterocycles. The highest BCUT2D eigenvalue weighted by Gasteiger charge is 2.25. The van der Waals surface area contributed by atoms with Gasteiger partial charge in [-0.2, -0.15) is 0 Å². The van der Waals surface area contributed by atoms with Gasteiger partial charge in [0.1, 0.15) is 9.79 Å². The minimum Gasteiger partial charge on any atom is -0.622 e. The van der Waals surface area contributed by atoms with E-state index in [1.165, 1.54) is 7.05 Å². The first-order chi connectivity index (χ1) is 13.8. The van der Waals surface area contributed by atoms with Gasteiger partial charge in [0.05, 0.1) is 6.26 Å². The quantitative estimate of drug-likeness (QED) is 0.546. The Balaban J connectivity index is 2.30. The number of benzene rings is 3. The molecule has 0 spiro atoms. The topological polar surface area (TPSA) is 72.8 Å². The van der Waals surface area contributed by atoms with Crippen molar-refractivity contribution >= 4 is 26.2 Å². The molecule has 0 radical (unpaired) electrons. The fraction of sp³-hybridized carbons (Fsp3) is 0.0909. The van der Waals surface area contributed by atoms with Crippen LogP contribution < -0.4 is 0 Å². The van der Waals surface area contributed by atoms with Crippen molar-refractivity contribution in [1.82, 2.24) is 4.31 Å². The Kier molecular flexibility index (Phi) is 6.32. The summed E-state index contributed by atoms with van der Waals surface area (Å²) in [7, 11) is -5.33. The zero-order chi connectivity index (χ0) is 20.9. The maximum Gasteiger partial charge on any atom is 0.233 e. The first-order valence-electron chi connectivity index (χ1n) is 8.89. The largest absolute Gasteiger partial charge is 0.622 e. The van der Waals surface area contributed by atoms with Gasteiger partial charge in [-0.05, 0) is 46.0 Å². The van der Waals surface area contributed by atoms with Gasteiger partial charge in [0.25, 0.3) is 0 Å². The van der Waals surface area contributed by atoms with Crippen LogP contribution in [0.15, 0.2) is 111 Å². The van der Waals surface area contributed by atoms with Crippen LogP contribution in [0, 0.1) is 0 Å². The standard InChI is InChI=1S/C22H22N2O3S2/c1-24(28(2,25)26)22(18-19-12-6-3-7-13-19)23-29(27,20-14-8-4-9-15-20)21-16-10-5-11-17-21/h3-18H,1-2H3/b22-18-. The van der Waals surface area contributed by atoms with Crippen molar-refractivity contribution in [2.45, 2.75) is 9.79 Å². The summed E-state index contributed by atoms with van der Waals surface area (Å²) in [6.45, 7) is 0. The van der Waals surface area contributed by atoms with Crippen LogP contribution in [0.4, 0.5) is 0 Å². The molecule has 150 valence electrons. The van der Waals surface area contributed by atoms with Crippen molar-refractivity contribution < 1.29 is 13.0 Å². The molecule has 0 bridgehead atoms. The van der Waals surface area contributed by atoms with Crippen molar-refractivity contribution in [2.24, 2.45) is 4.36 Å². The number of sulfonamides is 1. The maximum atomic E-state index is 14.2. The van der Waals surface area contributed by atoms with Crippen molar-refractivity contribution in [3.8, 4) is 0 Å². The van der Waals surface area contributed by atoms with Crippen LogP contribution in [-0.2, 0) is 20.1 Å². The van der Waals surface area contributed by atoms with E-state index in [4.69, 9.17) is 0 Å². The third-order valence-corrected chi connectivity index (χ3v) is 7.71. The summed E-state index contributed by atoms with van der Waals surface area (Å²) in [5, 5.41) is 0. The van der Waals surface area contributed by atoms with Crippen LogP contribution >= 0.6 is 0 Å². The van der Waals surface area contributed by atoms with Gasteiger partial charge in [0.2, 0.25) is 10.0 Å². The number of rotatable bonds is 6. The summed E-state index contributed by atoms with van der Waals surface area (Å²) in [5.74, 6) is 0.0939. The lowest BCUT2D eigenvalue weighted by Crippen LogP contribution is -2.25. The summed E-state index contributed by atoms with van der Waals surface area (Å²) in [5.41, 5.74) is 0.754. The minimum absolute atomic E-state index is 0.0939. The molecule has 29 heavy (non-hydrogen) atoms. The first kappa shape index (κ1) is 21.0. The smallest absolute Gasteiger partial charge is 0.233 e.